The number of amides is 2. The summed E-state index contributed by atoms with van der Waals surface area (Å²) in [5.41, 5.74) is 0.398. The minimum absolute atomic E-state index is 0.0208. The Morgan fingerprint density at radius 2 is 1.90 bits per heavy atom. The van der Waals surface area contributed by atoms with Gasteiger partial charge in [-0.2, -0.15) is 5.10 Å². The monoisotopic (exact) mass is 294 g/mol. The molecule has 0 saturated heterocycles. The van der Waals surface area contributed by atoms with E-state index in [1.807, 2.05) is 20.8 Å². The third-order valence-corrected chi connectivity index (χ3v) is 3.25. The highest BCUT2D eigenvalue weighted by atomic mass is 16.2. The second-order valence-electron chi connectivity index (χ2n) is 5.51. The standard InChI is InChI=1S/C15H26N4O2/c1-5-6-12(4)14(20)16-8-9-17-15(21)13-7-10-19(18-13)11(2)3/h7,10-12H,5-6,8-9H2,1-4H3,(H,16,20)(H,17,21). The fourth-order valence-electron chi connectivity index (χ4n) is 1.94. The van der Waals surface area contributed by atoms with E-state index in [1.165, 1.54) is 0 Å². The molecular weight excluding hydrogens is 268 g/mol. The summed E-state index contributed by atoms with van der Waals surface area (Å²) in [6.07, 6.45) is 3.66. The van der Waals surface area contributed by atoms with Crippen molar-refractivity contribution in [1.82, 2.24) is 20.4 Å². The number of nitrogens with zero attached hydrogens (tertiary/aromatic N) is 2. The average molecular weight is 294 g/mol. The first-order valence-corrected chi connectivity index (χ1v) is 7.56. The molecule has 118 valence electrons. The zero-order valence-electron chi connectivity index (χ0n) is 13.3. The molecule has 0 saturated carbocycles. The van der Waals surface area contributed by atoms with E-state index >= 15 is 0 Å². The number of hydrogen-bond acceptors (Lipinski definition) is 3. The lowest BCUT2D eigenvalue weighted by molar-refractivity contribution is -0.124. The lowest BCUT2D eigenvalue weighted by Crippen LogP contribution is -2.37. The van der Waals surface area contributed by atoms with Crippen molar-refractivity contribution in [1.29, 1.82) is 0 Å². The Morgan fingerprint density at radius 1 is 1.24 bits per heavy atom. The van der Waals surface area contributed by atoms with Crippen LogP contribution in [0, 0.1) is 5.92 Å². The summed E-state index contributed by atoms with van der Waals surface area (Å²) >= 11 is 0. The van der Waals surface area contributed by atoms with E-state index in [0.29, 0.717) is 18.8 Å². The van der Waals surface area contributed by atoms with Gasteiger partial charge in [-0.1, -0.05) is 20.3 Å². The number of carbonyl (C=O) groups is 2. The van der Waals surface area contributed by atoms with E-state index in [2.05, 4.69) is 22.7 Å². The molecule has 0 spiro atoms. The third kappa shape index (κ3) is 5.57. The van der Waals surface area contributed by atoms with Crippen LogP contribution in [0.1, 0.15) is 57.1 Å². The molecule has 6 nitrogen and oxygen atoms in total. The van der Waals surface area contributed by atoms with Gasteiger partial charge in [-0.05, 0) is 26.3 Å². The third-order valence-electron chi connectivity index (χ3n) is 3.25. The van der Waals surface area contributed by atoms with Crippen molar-refractivity contribution in [3.05, 3.63) is 18.0 Å². The molecule has 0 fully saturated rings. The molecule has 1 rings (SSSR count). The molecule has 1 aromatic rings. The van der Waals surface area contributed by atoms with Crippen LogP contribution in [0.25, 0.3) is 0 Å². The molecule has 2 amide bonds. The Balaban J connectivity index is 2.28. The topological polar surface area (TPSA) is 76.0 Å². The smallest absolute Gasteiger partial charge is 0.271 e. The molecule has 0 aromatic carbocycles. The van der Waals surface area contributed by atoms with E-state index in [9.17, 15) is 9.59 Å². The Bertz CT molecular complexity index is 468. The van der Waals surface area contributed by atoms with Crippen molar-refractivity contribution in [3.8, 4) is 0 Å². The molecule has 1 aromatic heterocycles. The first-order chi connectivity index (χ1) is 9.95. The van der Waals surface area contributed by atoms with Gasteiger partial charge in [-0.3, -0.25) is 14.3 Å². The normalized spacial score (nSPS) is 12.2. The zero-order valence-corrected chi connectivity index (χ0v) is 13.3. The van der Waals surface area contributed by atoms with Gasteiger partial charge < -0.3 is 10.6 Å². The minimum atomic E-state index is -0.217. The molecule has 0 bridgehead atoms. The zero-order chi connectivity index (χ0) is 15.8. The van der Waals surface area contributed by atoms with Gasteiger partial charge in [0.25, 0.3) is 5.91 Å². The fraction of sp³-hybridized carbons (Fsp3) is 0.667. The largest absolute Gasteiger partial charge is 0.354 e. The molecule has 1 heterocycles. The summed E-state index contributed by atoms with van der Waals surface area (Å²) in [5.74, 6) is -0.159. The van der Waals surface area contributed by atoms with Gasteiger partial charge in [0.15, 0.2) is 0 Å². The Morgan fingerprint density at radius 3 is 2.48 bits per heavy atom. The van der Waals surface area contributed by atoms with E-state index in [4.69, 9.17) is 0 Å². The SMILES string of the molecule is CCCC(C)C(=O)NCCNC(=O)c1ccn(C(C)C)n1. The quantitative estimate of drug-likeness (QED) is 0.717. The maximum Gasteiger partial charge on any atom is 0.271 e. The number of hydrogen-bond donors (Lipinski definition) is 2. The molecule has 0 aliphatic carbocycles. The van der Waals surface area contributed by atoms with Crippen LogP contribution < -0.4 is 10.6 Å². The molecule has 21 heavy (non-hydrogen) atoms. The van der Waals surface area contributed by atoms with Crippen molar-refractivity contribution < 1.29 is 9.59 Å². The van der Waals surface area contributed by atoms with E-state index in [-0.39, 0.29) is 23.8 Å². The Kier molecular flexibility index (Phi) is 6.91. The van der Waals surface area contributed by atoms with E-state index in [0.717, 1.165) is 12.8 Å². The molecule has 1 atom stereocenters. The Labute approximate surface area is 126 Å². The van der Waals surface area contributed by atoms with Crippen LogP contribution in [0.4, 0.5) is 0 Å². The van der Waals surface area contributed by atoms with Gasteiger partial charge >= 0.3 is 0 Å². The van der Waals surface area contributed by atoms with Gasteiger partial charge in [0.2, 0.25) is 5.91 Å². The molecule has 0 aliphatic heterocycles. The summed E-state index contributed by atoms with van der Waals surface area (Å²) in [7, 11) is 0. The molecular formula is C15H26N4O2. The number of rotatable bonds is 8. The second kappa shape index (κ2) is 8.44. The van der Waals surface area contributed by atoms with Gasteiger partial charge in [0.1, 0.15) is 5.69 Å². The maximum atomic E-state index is 11.9. The predicted molar refractivity (Wildman–Crippen MR) is 82.0 cm³/mol. The first kappa shape index (κ1) is 17.2. The molecule has 1 unspecified atom stereocenters. The summed E-state index contributed by atoms with van der Waals surface area (Å²) < 4.78 is 1.74. The van der Waals surface area contributed by atoms with Crippen LogP contribution in [0.2, 0.25) is 0 Å². The van der Waals surface area contributed by atoms with Crippen LogP contribution >= 0.6 is 0 Å². The molecule has 6 heteroatoms. The van der Waals surface area contributed by atoms with E-state index < -0.39 is 0 Å². The number of nitrogens with one attached hydrogen (secondary N) is 2. The van der Waals surface area contributed by atoms with E-state index in [1.54, 1.807) is 16.9 Å². The summed E-state index contributed by atoms with van der Waals surface area (Å²) in [4.78, 5) is 23.5. The van der Waals surface area contributed by atoms with Crippen LogP contribution in [-0.4, -0.2) is 34.7 Å². The van der Waals surface area contributed by atoms with Crippen LogP contribution in [0.5, 0.6) is 0 Å². The summed E-state index contributed by atoms with van der Waals surface area (Å²) in [6, 6.07) is 1.92. The second-order valence-corrected chi connectivity index (χ2v) is 5.51. The van der Waals surface area contributed by atoms with Gasteiger partial charge in [0.05, 0.1) is 0 Å². The van der Waals surface area contributed by atoms with Gasteiger partial charge in [-0.25, -0.2) is 0 Å². The predicted octanol–water partition coefficient (Wildman–Crippen LogP) is 1.75. The highest BCUT2D eigenvalue weighted by molar-refractivity contribution is 5.92. The number of aromatic nitrogens is 2. The van der Waals surface area contributed by atoms with Crippen molar-refractivity contribution in [2.24, 2.45) is 5.92 Å². The minimum Gasteiger partial charge on any atom is -0.354 e. The molecule has 0 radical (unpaired) electrons. The summed E-state index contributed by atoms with van der Waals surface area (Å²) in [6.45, 7) is 8.81. The van der Waals surface area contributed by atoms with Crippen molar-refractivity contribution in [3.63, 3.8) is 0 Å². The Hall–Kier alpha value is -1.85. The van der Waals surface area contributed by atoms with Crippen LogP contribution in [0.3, 0.4) is 0 Å². The van der Waals surface area contributed by atoms with Crippen molar-refractivity contribution in [2.45, 2.75) is 46.6 Å². The van der Waals surface area contributed by atoms with Crippen LogP contribution in [-0.2, 0) is 4.79 Å². The maximum absolute atomic E-state index is 11.9. The lowest BCUT2D eigenvalue weighted by atomic mass is 10.1. The van der Waals surface area contributed by atoms with Crippen molar-refractivity contribution in [2.75, 3.05) is 13.1 Å². The fourth-order valence-corrected chi connectivity index (χ4v) is 1.94. The van der Waals surface area contributed by atoms with Gasteiger partial charge in [-0.15, -0.1) is 0 Å². The summed E-state index contributed by atoms with van der Waals surface area (Å²) in [5, 5.41) is 9.76. The molecule has 0 aliphatic rings. The van der Waals surface area contributed by atoms with Gasteiger partial charge in [0, 0.05) is 31.2 Å². The number of carbonyl (C=O) groups excluding carboxylic acids is 2. The molecule has 2 N–H and O–H groups in total. The highest BCUT2D eigenvalue weighted by Crippen LogP contribution is 2.04. The van der Waals surface area contributed by atoms with Crippen LogP contribution in [0.15, 0.2) is 12.3 Å². The lowest BCUT2D eigenvalue weighted by Gasteiger charge is -2.11. The average Bonchev–Trinajstić information content (AvgIpc) is 2.93. The van der Waals surface area contributed by atoms with Crippen molar-refractivity contribution >= 4 is 11.8 Å². The first-order valence-electron chi connectivity index (χ1n) is 7.56. The highest BCUT2D eigenvalue weighted by Gasteiger charge is 2.12.